The van der Waals surface area contributed by atoms with Crippen molar-refractivity contribution in [2.75, 3.05) is 33.3 Å². The number of hydrogen-bond acceptors (Lipinski definition) is 2. The highest BCUT2D eigenvalue weighted by molar-refractivity contribution is 5.70. The first kappa shape index (κ1) is 9.77. The van der Waals surface area contributed by atoms with Gasteiger partial charge < -0.3 is 14.5 Å². The fourth-order valence-electron chi connectivity index (χ4n) is 2.73. The molecule has 2 rings (SSSR count). The lowest BCUT2D eigenvalue weighted by Crippen LogP contribution is -2.57. The summed E-state index contributed by atoms with van der Waals surface area (Å²) >= 11 is 0. The number of hydrogen-bond donors (Lipinski definition) is 1. The number of quaternary nitrogens is 1. The number of carbonyl (C=O) groups excluding carboxylic acids is 1. The standard InChI is InChI=1S/C10H18N2O2/c1-10(8-14-9(13)11-10)7-12(2)5-3-4-6-12/h3-8H2,1-2H3/p+1. The summed E-state index contributed by atoms with van der Waals surface area (Å²) in [5.74, 6) is 0. The molecule has 0 spiro atoms. The Morgan fingerprint density at radius 1 is 1.50 bits per heavy atom. The van der Waals surface area contributed by atoms with E-state index in [2.05, 4.69) is 19.3 Å². The van der Waals surface area contributed by atoms with Gasteiger partial charge in [0.05, 0.1) is 20.1 Å². The van der Waals surface area contributed by atoms with Crippen LogP contribution in [-0.4, -0.2) is 49.4 Å². The maximum atomic E-state index is 11.0. The number of nitrogens with one attached hydrogen (secondary N) is 1. The second-order valence-corrected chi connectivity index (χ2v) is 5.19. The van der Waals surface area contributed by atoms with Crippen LogP contribution in [0.1, 0.15) is 19.8 Å². The van der Waals surface area contributed by atoms with E-state index >= 15 is 0 Å². The monoisotopic (exact) mass is 199 g/mol. The number of cyclic esters (lactones) is 1. The Kier molecular flexibility index (Phi) is 2.18. The number of likely N-dealkylation sites (tertiary alicyclic amines) is 1. The van der Waals surface area contributed by atoms with Crippen LogP contribution in [0.5, 0.6) is 0 Å². The molecule has 2 heterocycles. The van der Waals surface area contributed by atoms with Crippen LogP contribution in [0, 0.1) is 0 Å². The summed E-state index contributed by atoms with van der Waals surface area (Å²) in [6, 6.07) is 0. The molecule has 80 valence electrons. The third-order valence-electron chi connectivity index (χ3n) is 3.30. The van der Waals surface area contributed by atoms with Crippen molar-refractivity contribution in [1.82, 2.24) is 5.32 Å². The van der Waals surface area contributed by atoms with E-state index in [0.717, 1.165) is 11.0 Å². The molecule has 4 heteroatoms. The van der Waals surface area contributed by atoms with Gasteiger partial charge in [0.15, 0.2) is 0 Å². The normalized spacial score (nSPS) is 35.4. The van der Waals surface area contributed by atoms with E-state index in [0.29, 0.717) is 6.61 Å². The topological polar surface area (TPSA) is 38.3 Å². The second-order valence-electron chi connectivity index (χ2n) is 5.19. The molecule has 2 fully saturated rings. The number of alkyl carbamates (subject to hydrolysis) is 1. The van der Waals surface area contributed by atoms with Crippen molar-refractivity contribution in [2.45, 2.75) is 25.3 Å². The second kappa shape index (κ2) is 3.12. The van der Waals surface area contributed by atoms with Gasteiger partial charge in [-0.2, -0.15) is 0 Å². The van der Waals surface area contributed by atoms with Crippen molar-refractivity contribution >= 4 is 6.09 Å². The third kappa shape index (κ3) is 1.85. The molecule has 1 amide bonds. The van der Waals surface area contributed by atoms with Crippen LogP contribution in [0.3, 0.4) is 0 Å². The number of carbonyl (C=O) groups is 1. The van der Waals surface area contributed by atoms with E-state index in [1.807, 2.05) is 0 Å². The highest BCUT2D eigenvalue weighted by Crippen LogP contribution is 2.23. The molecule has 0 aliphatic carbocycles. The summed E-state index contributed by atoms with van der Waals surface area (Å²) in [5.41, 5.74) is -0.157. The molecule has 2 saturated heterocycles. The Bertz CT molecular complexity index is 249. The van der Waals surface area contributed by atoms with Crippen molar-refractivity contribution in [3.8, 4) is 0 Å². The van der Waals surface area contributed by atoms with Crippen LogP contribution in [-0.2, 0) is 4.74 Å². The molecular weight excluding hydrogens is 180 g/mol. The molecule has 0 aromatic rings. The minimum atomic E-state index is -0.265. The van der Waals surface area contributed by atoms with Crippen LogP contribution in [0.15, 0.2) is 0 Å². The van der Waals surface area contributed by atoms with Crippen LogP contribution in [0.2, 0.25) is 0 Å². The van der Waals surface area contributed by atoms with Gasteiger partial charge in [0.25, 0.3) is 0 Å². The van der Waals surface area contributed by atoms with E-state index in [1.54, 1.807) is 0 Å². The molecule has 1 N–H and O–H groups in total. The Morgan fingerprint density at radius 2 is 2.14 bits per heavy atom. The van der Waals surface area contributed by atoms with E-state index in [4.69, 9.17) is 4.74 Å². The largest absolute Gasteiger partial charge is 0.447 e. The van der Waals surface area contributed by atoms with Crippen LogP contribution in [0.4, 0.5) is 4.79 Å². The van der Waals surface area contributed by atoms with Crippen molar-refractivity contribution in [2.24, 2.45) is 0 Å². The van der Waals surface area contributed by atoms with Gasteiger partial charge in [-0.3, -0.25) is 0 Å². The van der Waals surface area contributed by atoms with Gasteiger partial charge in [-0.25, -0.2) is 4.79 Å². The third-order valence-corrected chi connectivity index (χ3v) is 3.30. The van der Waals surface area contributed by atoms with E-state index in [-0.39, 0.29) is 11.6 Å². The Balaban J connectivity index is 1.99. The predicted octanol–water partition coefficient (Wildman–Crippen LogP) is 0.725. The molecule has 1 unspecified atom stereocenters. The minimum Gasteiger partial charge on any atom is -0.447 e. The highest BCUT2D eigenvalue weighted by Gasteiger charge is 2.43. The van der Waals surface area contributed by atoms with Gasteiger partial charge in [-0.05, 0) is 6.92 Å². The first-order valence-electron chi connectivity index (χ1n) is 5.30. The number of rotatable bonds is 2. The van der Waals surface area contributed by atoms with Gasteiger partial charge in [-0.15, -0.1) is 0 Å². The van der Waals surface area contributed by atoms with Gasteiger partial charge >= 0.3 is 6.09 Å². The summed E-state index contributed by atoms with van der Waals surface area (Å²) in [7, 11) is 2.27. The van der Waals surface area contributed by atoms with Crippen molar-refractivity contribution < 1.29 is 14.0 Å². The van der Waals surface area contributed by atoms with Gasteiger partial charge in [-0.1, -0.05) is 0 Å². The smallest absolute Gasteiger partial charge is 0.407 e. The summed E-state index contributed by atoms with van der Waals surface area (Å²) < 4.78 is 6.03. The van der Waals surface area contributed by atoms with Crippen molar-refractivity contribution in [3.05, 3.63) is 0 Å². The summed E-state index contributed by atoms with van der Waals surface area (Å²) in [6.07, 6.45) is 2.35. The zero-order valence-corrected chi connectivity index (χ0v) is 9.01. The maximum absolute atomic E-state index is 11.0. The highest BCUT2D eigenvalue weighted by atomic mass is 16.6. The average Bonchev–Trinajstić information content (AvgIpc) is 2.59. The van der Waals surface area contributed by atoms with Crippen LogP contribution < -0.4 is 5.32 Å². The zero-order chi connectivity index (χ0) is 10.2. The first-order valence-corrected chi connectivity index (χ1v) is 5.30. The maximum Gasteiger partial charge on any atom is 0.407 e. The molecule has 0 saturated carbocycles. The average molecular weight is 199 g/mol. The quantitative estimate of drug-likeness (QED) is 0.666. The molecule has 2 aliphatic heterocycles. The Labute approximate surface area is 84.8 Å². The van der Waals surface area contributed by atoms with Crippen LogP contribution in [0.25, 0.3) is 0 Å². The molecule has 14 heavy (non-hydrogen) atoms. The zero-order valence-electron chi connectivity index (χ0n) is 9.01. The molecular formula is C10H19N2O2+. The van der Waals surface area contributed by atoms with Gasteiger partial charge in [0.2, 0.25) is 0 Å². The molecule has 0 radical (unpaired) electrons. The van der Waals surface area contributed by atoms with Crippen molar-refractivity contribution in [3.63, 3.8) is 0 Å². The first-order chi connectivity index (χ1) is 6.52. The fourth-order valence-corrected chi connectivity index (χ4v) is 2.73. The molecule has 2 aliphatic rings. The van der Waals surface area contributed by atoms with E-state index < -0.39 is 0 Å². The predicted molar refractivity (Wildman–Crippen MR) is 52.9 cm³/mol. The lowest BCUT2D eigenvalue weighted by Gasteiger charge is -2.35. The SMILES string of the molecule is CC1(C[N+]2(C)CCCC2)COC(=O)N1. The lowest BCUT2D eigenvalue weighted by atomic mass is 10.0. The van der Waals surface area contributed by atoms with Gasteiger partial charge in [0, 0.05) is 12.8 Å². The number of likely N-dealkylation sites (N-methyl/N-ethyl adjacent to an activating group) is 1. The number of nitrogens with zero attached hydrogens (tertiary/aromatic N) is 1. The lowest BCUT2D eigenvalue weighted by molar-refractivity contribution is -0.901. The summed E-state index contributed by atoms with van der Waals surface area (Å²) in [4.78, 5) is 11.0. The number of amides is 1. The summed E-state index contributed by atoms with van der Waals surface area (Å²) in [6.45, 7) is 6.02. The van der Waals surface area contributed by atoms with Gasteiger partial charge in [0.1, 0.15) is 18.7 Å². The molecule has 0 bridgehead atoms. The molecule has 1 atom stereocenters. The Morgan fingerprint density at radius 3 is 2.64 bits per heavy atom. The van der Waals surface area contributed by atoms with Crippen molar-refractivity contribution in [1.29, 1.82) is 0 Å². The molecule has 0 aromatic heterocycles. The number of ether oxygens (including phenoxy) is 1. The molecule has 4 nitrogen and oxygen atoms in total. The summed E-state index contributed by atoms with van der Waals surface area (Å²) in [5, 5.41) is 2.91. The molecule has 0 aromatic carbocycles. The van der Waals surface area contributed by atoms with E-state index in [1.165, 1.54) is 25.9 Å². The Hall–Kier alpha value is -0.770. The minimum absolute atomic E-state index is 0.157. The van der Waals surface area contributed by atoms with E-state index in [9.17, 15) is 4.79 Å². The van der Waals surface area contributed by atoms with Crippen LogP contribution >= 0.6 is 0 Å². The fraction of sp³-hybridized carbons (Fsp3) is 0.900.